The Kier molecular flexibility index (Phi) is 4.35. The van der Waals surface area contributed by atoms with E-state index in [1.165, 1.54) is 11.3 Å². The zero-order valence-corrected chi connectivity index (χ0v) is 9.86. The number of aromatic nitrogens is 1. The van der Waals surface area contributed by atoms with E-state index in [9.17, 15) is 4.79 Å². The number of aldehydes is 1. The smallest absolute Gasteiger partial charge is 0.187 e. The molecular formula is C9H13ClN2OS. The molecule has 0 radical (unpaired) electrons. The second-order valence-corrected chi connectivity index (χ2v) is 4.22. The van der Waals surface area contributed by atoms with E-state index in [-0.39, 0.29) is 0 Å². The van der Waals surface area contributed by atoms with Crippen LogP contribution in [0.2, 0.25) is 5.15 Å². The average Bonchev–Trinajstić information content (AvgIpc) is 2.56. The second kappa shape index (κ2) is 5.32. The van der Waals surface area contributed by atoms with Crippen LogP contribution in [0.25, 0.3) is 0 Å². The molecule has 0 bridgehead atoms. The first kappa shape index (κ1) is 11.5. The van der Waals surface area contributed by atoms with Crippen molar-refractivity contribution in [2.45, 2.75) is 20.3 Å². The lowest BCUT2D eigenvalue weighted by Gasteiger charge is -2.18. The minimum atomic E-state index is 0.314. The Morgan fingerprint density at radius 2 is 2.29 bits per heavy atom. The summed E-state index contributed by atoms with van der Waals surface area (Å²) in [5.74, 6) is 0. The van der Waals surface area contributed by atoms with Crippen molar-refractivity contribution in [3.05, 3.63) is 10.0 Å². The van der Waals surface area contributed by atoms with Crippen LogP contribution in [0.5, 0.6) is 0 Å². The van der Waals surface area contributed by atoms with Crippen LogP contribution in [-0.4, -0.2) is 24.4 Å². The van der Waals surface area contributed by atoms with Gasteiger partial charge in [0.1, 0.15) is 4.88 Å². The Morgan fingerprint density at radius 1 is 1.57 bits per heavy atom. The Balaban J connectivity index is 2.87. The van der Waals surface area contributed by atoms with Gasteiger partial charge < -0.3 is 4.90 Å². The van der Waals surface area contributed by atoms with Gasteiger partial charge >= 0.3 is 0 Å². The number of nitrogens with zero attached hydrogens (tertiary/aromatic N) is 2. The molecule has 1 heterocycles. The van der Waals surface area contributed by atoms with Crippen LogP contribution in [0.4, 0.5) is 5.13 Å². The van der Waals surface area contributed by atoms with Gasteiger partial charge in [-0.2, -0.15) is 0 Å². The van der Waals surface area contributed by atoms with E-state index in [1.54, 1.807) is 0 Å². The maximum absolute atomic E-state index is 10.6. The van der Waals surface area contributed by atoms with Crippen LogP contribution in [-0.2, 0) is 0 Å². The minimum Gasteiger partial charge on any atom is -0.348 e. The lowest BCUT2D eigenvalue weighted by molar-refractivity contribution is 0.112. The van der Waals surface area contributed by atoms with Gasteiger partial charge in [0.05, 0.1) is 0 Å². The molecule has 5 heteroatoms. The lowest BCUT2D eigenvalue weighted by Crippen LogP contribution is -2.22. The molecule has 0 fully saturated rings. The molecule has 0 saturated heterocycles. The molecule has 14 heavy (non-hydrogen) atoms. The third kappa shape index (κ3) is 2.45. The number of hydrogen-bond acceptors (Lipinski definition) is 4. The number of halogens is 1. The Labute approximate surface area is 92.7 Å². The maximum atomic E-state index is 10.6. The van der Waals surface area contributed by atoms with E-state index in [0.717, 1.165) is 30.9 Å². The van der Waals surface area contributed by atoms with Crippen molar-refractivity contribution >= 4 is 34.4 Å². The fourth-order valence-electron chi connectivity index (χ4n) is 1.17. The van der Waals surface area contributed by atoms with Gasteiger partial charge in [-0.1, -0.05) is 29.9 Å². The van der Waals surface area contributed by atoms with Gasteiger partial charge in [-0.25, -0.2) is 4.98 Å². The Hall–Kier alpha value is -0.610. The quantitative estimate of drug-likeness (QED) is 0.732. The molecule has 0 aliphatic carbocycles. The third-order valence-corrected chi connectivity index (χ3v) is 3.29. The molecule has 3 nitrogen and oxygen atoms in total. The zero-order valence-electron chi connectivity index (χ0n) is 8.29. The molecule has 0 aliphatic rings. The summed E-state index contributed by atoms with van der Waals surface area (Å²) < 4.78 is 0. The van der Waals surface area contributed by atoms with Crippen molar-refractivity contribution < 1.29 is 4.79 Å². The minimum absolute atomic E-state index is 0.314. The van der Waals surface area contributed by atoms with E-state index < -0.39 is 0 Å². The van der Waals surface area contributed by atoms with Gasteiger partial charge in [0.25, 0.3) is 0 Å². The SMILES string of the molecule is CCCN(CC)c1nc(Cl)c(C=O)s1. The molecule has 1 rings (SSSR count). The highest BCUT2D eigenvalue weighted by atomic mass is 35.5. The van der Waals surface area contributed by atoms with Crippen LogP contribution in [0, 0.1) is 0 Å². The number of rotatable bonds is 5. The van der Waals surface area contributed by atoms with Gasteiger partial charge in [0, 0.05) is 13.1 Å². The highest BCUT2D eigenvalue weighted by Crippen LogP contribution is 2.28. The van der Waals surface area contributed by atoms with Crippen LogP contribution >= 0.6 is 22.9 Å². The van der Waals surface area contributed by atoms with Crippen molar-refractivity contribution in [1.82, 2.24) is 4.98 Å². The van der Waals surface area contributed by atoms with Crippen LogP contribution in [0.15, 0.2) is 0 Å². The summed E-state index contributed by atoms with van der Waals surface area (Å²) in [6.07, 6.45) is 1.81. The number of carbonyl (C=O) groups is 1. The van der Waals surface area contributed by atoms with Crippen molar-refractivity contribution in [3.8, 4) is 0 Å². The normalized spacial score (nSPS) is 10.2. The molecule has 0 amide bonds. The summed E-state index contributed by atoms with van der Waals surface area (Å²) in [4.78, 5) is 17.4. The average molecular weight is 233 g/mol. The molecule has 0 aliphatic heterocycles. The first-order valence-electron chi connectivity index (χ1n) is 4.59. The monoisotopic (exact) mass is 232 g/mol. The van der Waals surface area contributed by atoms with E-state index in [0.29, 0.717) is 10.0 Å². The van der Waals surface area contributed by atoms with Gasteiger partial charge in [-0.3, -0.25) is 4.79 Å². The molecule has 78 valence electrons. The predicted molar refractivity (Wildman–Crippen MR) is 60.7 cm³/mol. The summed E-state index contributed by atoms with van der Waals surface area (Å²) in [6.45, 7) is 6.00. The zero-order chi connectivity index (χ0) is 10.6. The van der Waals surface area contributed by atoms with Gasteiger partial charge in [-0.05, 0) is 13.3 Å². The Morgan fingerprint density at radius 3 is 2.71 bits per heavy atom. The molecule has 1 aromatic heterocycles. The predicted octanol–water partition coefficient (Wildman–Crippen LogP) is 2.85. The number of carbonyl (C=O) groups excluding carboxylic acids is 1. The molecule has 0 saturated carbocycles. The van der Waals surface area contributed by atoms with Gasteiger partial charge in [-0.15, -0.1) is 0 Å². The van der Waals surface area contributed by atoms with Gasteiger partial charge in [0.15, 0.2) is 16.6 Å². The first-order valence-corrected chi connectivity index (χ1v) is 5.78. The van der Waals surface area contributed by atoms with E-state index in [1.807, 2.05) is 0 Å². The molecule has 0 aromatic carbocycles. The summed E-state index contributed by atoms with van der Waals surface area (Å²) in [6, 6.07) is 0. The van der Waals surface area contributed by atoms with Crippen molar-refractivity contribution in [2.75, 3.05) is 18.0 Å². The highest BCUT2D eigenvalue weighted by Gasteiger charge is 2.12. The molecule has 1 aromatic rings. The van der Waals surface area contributed by atoms with Crippen molar-refractivity contribution in [2.24, 2.45) is 0 Å². The van der Waals surface area contributed by atoms with E-state index in [2.05, 4.69) is 23.7 Å². The summed E-state index contributed by atoms with van der Waals surface area (Å²) in [5.41, 5.74) is 0. The molecule has 0 spiro atoms. The van der Waals surface area contributed by atoms with E-state index in [4.69, 9.17) is 11.6 Å². The number of thiazole rings is 1. The van der Waals surface area contributed by atoms with Crippen LogP contribution in [0.3, 0.4) is 0 Å². The van der Waals surface area contributed by atoms with Crippen molar-refractivity contribution in [3.63, 3.8) is 0 Å². The number of anilines is 1. The molecular weight excluding hydrogens is 220 g/mol. The summed E-state index contributed by atoms with van der Waals surface area (Å²) in [5, 5.41) is 1.15. The molecule has 0 unspecified atom stereocenters. The summed E-state index contributed by atoms with van der Waals surface area (Å²) in [7, 11) is 0. The van der Waals surface area contributed by atoms with Gasteiger partial charge in [0.2, 0.25) is 0 Å². The fourth-order valence-corrected chi connectivity index (χ4v) is 2.32. The summed E-state index contributed by atoms with van der Waals surface area (Å²) >= 11 is 7.13. The number of hydrogen-bond donors (Lipinski definition) is 0. The second-order valence-electron chi connectivity index (χ2n) is 2.85. The molecule has 0 N–H and O–H groups in total. The molecule has 0 atom stereocenters. The Bertz CT molecular complexity index is 314. The van der Waals surface area contributed by atoms with Crippen molar-refractivity contribution in [1.29, 1.82) is 0 Å². The van der Waals surface area contributed by atoms with Crippen LogP contribution in [0.1, 0.15) is 29.9 Å². The fraction of sp³-hybridized carbons (Fsp3) is 0.556. The topological polar surface area (TPSA) is 33.2 Å². The van der Waals surface area contributed by atoms with E-state index >= 15 is 0 Å². The first-order chi connectivity index (χ1) is 6.72. The largest absolute Gasteiger partial charge is 0.348 e. The van der Waals surface area contributed by atoms with Crippen LogP contribution < -0.4 is 4.90 Å². The third-order valence-electron chi connectivity index (χ3n) is 1.85. The lowest BCUT2D eigenvalue weighted by atomic mass is 10.4. The highest BCUT2D eigenvalue weighted by molar-refractivity contribution is 7.17. The maximum Gasteiger partial charge on any atom is 0.187 e. The standard InChI is InChI=1S/C9H13ClN2OS/c1-3-5-12(4-2)9-11-8(10)7(6-13)14-9/h6H,3-5H2,1-2H3.